The van der Waals surface area contributed by atoms with Crippen LogP contribution in [0.5, 0.6) is 0 Å². The van der Waals surface area contributed by atoms with Crippen LogP contribution in [0.3, 0.4) is 0 Å². The van der Waals surface area contributed by atoms with Crippen LogP contribution in [0.4, 0.5) is 11.6 Å². The molecule has 5 nitrogen and oxygen atoms in total. The number of anilines is 2. The molecule has 2 heterocycles. The lowest BCUT2D eigenvalue weighted by Gasteiger charge is -2.33. The van der Waals surface area contributed by atoms with Crippen LogP contribution in [0.15, 0.2) is 0 Å². The van der Waals surface area contributed by atoms with E-state index in [0.29, 0.717) is 0 Å². The van der Waals surface area contributed by atoms with Crippen LogP contribution in [0.1, 0.15) is 45.0 Å². The summed E-state index contributed by atoms with van der Waals surface area (Å²) >= 11 is 0. The zero-order chi connectivity index (χ0) is 14.9. The van der Waals surface area contributed by atoms with Crippen LogP contribution < -0.4 is 10.2 Å². The topological polar surface area (TPSA) is 61.3 Å². The molecule has 5 heteroatoms. The summed E-state index contributed by atoms with van der Waals surface area (Å²) < 4.78 is 0. The van der Waals surface area contributed by atoms with E-state index >= 15 is 0 Å². The number of piperidine rings is 1. The quantitative estimate of drug-likeness (QED) is 0.867. The molecular weight excluding hydrogens is 252 g/mol. The van der Waals surface area contributed by atoms with Crippen LogP contribution >= 0.6 is 0 Å². The molecule has 0 atom stereocenters. The molecule has 1 aliphatic heterocycles. The Kier molecular flexibility index (Phi) is 4.18. The van der Waals surface area contributed by atoms with Gasteiger partial charge in [-0.2, -0.15) is 0 Å². The first-order valence-corrected chi connectivity index (χ1v) is 7.33. The summed E-state index contributed by atoms with van der Waals surface area (Å²) in [5.41, 5.74) is 1.00. The normalized spacial score (nSPS) is 17.4. The van der Waals surface area contributed by atoms with E-state index in [4.69, 9.17) is 4.98 Å². The maximum atomic E-state index is 9.66. The van der Waals surface area contributed by atoms with Gasteiger partial charge in [-0.15, -0.1) is 0 Å². The summed E-state index contributed by atoms with van der Waals surface area (Å²) in [5, 5.41) is 12.8. The lowest BCUT2D eigenvalue weighted by molar-refractivity contribution is 0.145. The molecule has 2 N–H and O–H groups in total. The highest BCUT2D eigenvalue weighted by molar-refractivity contribution is 5.59. The molecular formula is C15H26N4O. The lowest BCUT2D eigenvalue weighted by atomic mass is 9.95. The van der Waals surface area contributed by atoms with E-state index in [1.54, 1.807) is 0 Å². The van der Waals surface area contributed by atoms with Crippen molar-refractivity contribution in [2.45, 2.75) is 52.1 Å². The number of aromatic nitrogens is 2. The van der Waals surface area contributed by atoms with Gasteiger partial charge in [-0.3, -0.25) is 0 Å². The summed E-state index contributed by atoms with van der Waals surface area (Å²) in [4.78, 5) is 11.7. The van der Waals surface area contributed by atoms with Gasteiger partial charge in [0.15, 0.2) is 0 Å². The number of aliphatic hydroxyl groups is 1. The van der Waals surface area contributed by atoms with Gasteiger partial charge in [-0.25, -0.2) is 9.97 Å². The Morgan fingerprint density at radius 3 is 2.30 bits per heavy atom. The SMILES string of the molecule is CNc1nc(C(C)(C)C)nc(N2CCC(O)CC2)c1C. The lowest BCUT2D eigenvalue weighted by Crippen LogP contribution is -2.37. The minimum atomic E-state index is -0.167. The number of hydrogen-bond donors (Lipinski definition) is 2. The van der Waals surface area contributed by atoms with Crippen molar-refractivity contribution in [2.75, 3.05) is 30.4 Å². The molecule has 1 saturated heterocycles. The molecule has 0 amide bonds. The van der Waals surface area contributed by atoms with E-state index in [1.807, 2.05) is 7.05 Å². The molecule has 1 aromatic heterocycles. The first-order valence-electron chi connectivity index (χ1n) is 7.33. The highest BCUT2D eigenvalue weighted by Gasteiger charge is 2.25. The molecule has 0 aromatic carbocycles. The third kappa shape index (κ3) is 3.03. The molecule has 0 saturated carbocycles. The molecule has 0 radical (unpaired) electrons. The molecule has 112 valence electrons. The number of rotatable bonds is 2. The Morgan fingerprint density at radius 2 is 1.80 bits per heavy atom. The van der Waals surface area contributed by atoms with Crippen molar-refractivity contribution in [2.24, 2.45) is 0 Å². The Morgan fingerprint density at radius 1 is 1.20 bits per heavy atom. The second-order valence-electron chi connectivity index (χ2n) is 6.56. The molecule has 0 spiro atoms. The number of hydrogen-bond acceptors (Lipinski definition) is 5. The van der Waals surface area contributed by atoms with Gasteiger partial charge in [0.1, 0.15) is 17.5 Å². The van der Waals surface area contributed by atoms with Gasteiger partial charge in [0.05, 0.1) is 6.10 Å². The van der Waals surface area contributed by atoms with Crippen LogP contribution in [0.2, 0.25) is 0 Å². The van der Waals surface area contributed by atoms with Gasteiger partial charge < -0.3 is 15.3 Å². The standard InChI is InChI=1S/C15H26N4O/c1-10-12(16-5)17-14(15(2,3)4)18-13(10)19-8-6-11(20)7-9-19/h11,20H,6-9H2,1-5H3,(H,16,17,18). The number of nitrogens with zero attached hydrogens (tertiary/aromatic N) is 3. The predicted molar refractivity (Wildman–Crippen MR) is 82.5 cm³/mol. The van der Waals surface area contributed by atoms with Gasteiger partial charge in [0.2, 0.25) is 0 Å². The van der Waals surface area contributed by atoms with E-state index in [-0.39, 0.29) is 11.5 Å². The molecule has 0 bridgehead atoms. The molecule has 2 rings (SSSR count). The first-order chi connectivity index (χ1) is 9.32. The summed E-state index contributed by atoms with van der Waals surface area (Å²) in [6, 6.07) is 0. The number of nitrogens with one attached hydrogen (secondary N) is 1. The largest absolute Gasteiger partial charge is 0.393 e. The second kappa shape index (κ2) is 5.56. The van der Waals surface area contributed by atoms with E-state index in [9.17, 15) is 5.11 Å². The molecule has 0 unspecified atom stereocenters. The fourth-order valence-electron chi connectivity index (χ4n) is 2.47. The summed E-state index contributed by atoms with van der Waals surface area (Å²) in [7, 11) is 1.89. The minimum absolute atomic E-state index is 0.0800. The zero-order valence-electron chi connectivity index (χ0n) is 13.2. The van der Waals surface area contributed by atoms with Crippen molar-refractivity contribution in [3.05, 3.63) is 11.4 Å². The van der Waals surface area contributed by atoms with Gasteiger partial charge in [0, 0.05) is 31.1 Å². The van der Waals surface area contributed by atoms with Gasteiger partial charge in [-0.05, 0) is 19.8 Å². The third-order valence-electron chi connectivity index (χ3n) is 3.79. The summed E-state index contributed by atoms with van der Waals surface area (Å²) in [5.74, 6) is 2.75. The van der Waals surface area contributed by atoms with Crippen LogP contribution in [0.25, 0.3) is 0 Å². The monoisotopic (exact) mass is 278 g/mol. The Labute approximate surface area is 121 Å². The zero-order valence-corrected chi connectivity index (χ0v) is 13.2. The third-order valence-corrected chi connectivity index (χ3v) is 3.79. The maximum Gasteiger partial charge on any atom is 0.138 e. The average molecular weight is 278 g/mol. The van der Waals surface area contributed by atoms with Crippen LogP contribution in [0, 0.1) is 6.92 Å². The second-order valence-corrected chi connectivity index (χ2v) is 6.56. The Bertz CT molecular complexity index is 473. The maximum absolute atomic E-state index is 9.66. The van der Waals surface area contributed by atoms with E-state index < -0.39 is 0 Å². The van der Waals surface area contributed by atoms with Gasteiger partial charge in [0.25, 0.3) is 0 Å². The van der Waals surface area contributed by atoms with Crippen molar-refractivity contribution in [3.63, 3.8) is 0 Å². The summed E-state index contributed by atoms with van der Waals surface area (Å²) in [6.07, 6.45) is 1.45. The van der Waals surface area contributed by atoms with Crippen LogP contribution in [-0.4, -0.2) is 41.3 Å². The average Bonchev–Trinajstić information content (AvgIpc) is 2.39. The molecule has 1 fully saturated rings. The molecule has 1 aliphatic rings. The summed E-state index contributed by atoms with van der Waals surface area (Å²) in [6.45, 7) is 10.1. The Balaban J connectivity index is 2.40. The van der Waals surface area contributed by atoms with Crippen molar-refractivity contribution in [1.29, 1.82) is 0 Å². The van der Waals surface area contributed by atoms with Crippen molar-refractivity contribution >= 4 is 11.6 Å². The van der Waals surface area contributed by atoms with E-state index in [1.165, 1.54) is 0 Å². The van der Waals surface area contributed by atoms with E-state index in [0.717, 1.165) is 49.0 Å². The molecule has 1 aromatic rings. The van der Waals surface area contributed by atoms with Crippen molar-refractivity contribution < 1.29 is 5.11 Å². The van der Waals surface area contributed by atoms with Crippen molar-refractivity contribution in [3.8, 4) is 0 Å². The highest BCUT2D eigenvalue weighted by Crippen LogP contribution is 2.29. The predicted octanol–water partition coefficient (Wildman–Crippen LogP) is 2.09. The molecule has 0 aliphatic carbocycles. The molecule has 20 heavy (non-hydrogen) atoms. The Hall–Kier alpha value is -1.36. The van der Waals surface area contributed by atoms with Crippen molar-refractivity contribution in [1.82, 2.24) is 9.97 Å². The van der Waals surface area contributed by atoms with E-state index in [2.05, 4.69) is 42.9 Å². The van der Waals surface area contributed by atoms with Gasteiger partial charge in [-0.1, -0.05) is 20.8 Å². The minimum Gasteiger partial charge on any atom is -0.393 e. The van der Waals surface area contributed by atoms with Gasteiger partial charge >= 0.3 is 0 Å². The first kappa shape index (κ1) is 15.0. The fraction of sp³-hybridized carbons (Fsp3) is 0.733. The fourth-order valence-corrected chi connectivity index (χ4v) is 2.47. The van der Waals surface area contributed by atoms with Crippen LogP contribution in [-0.2, 0) is 5.41 Å². The number of aliphatic hydroxyl groups excluding tert-OH is 1. The smallest absolute Gasteiger partial charge is 0.138 e. The highest BCUT2D eigenvalue weighted by atomic mass is 16.3.